The predicted molar refractivity (Wildman–Crippen MR) is 65.2 cm³/mol. The maximum Gasteiger partial charge on any atom is 0.416 e. The van der Waals surface area contributed by atoms with Crippen molar-refractivity contribution in [2.45, 2.75) is 6.18 Å². The second-order valence-corrected chi connectivity index (χ2v) is 3.64. The fraction of sp³-hybridized carbons (Fsp3) is 0.545. The Morgan fingerprint density at radius 3 is 2.53 bits per heavy atom. The van der Waals surface area contributed by atoms with Crippen molar-refractivity contribution in [2.75, 3.05) is 44.0 Å². The summed E-state index contributed by atoms with van der Waals surface area (Å²) in [6.45, 7) is 0.677. The summed E-state index contributed by atoms with van der Waals surface area (Å²) in [4.78, 5) is 3.96. The number of ether oxygens (including phenoxy) is 1. The van der Waals surface area contributed by atoms with Gasteiger partial charge in [-0.15, -0.1) is 0 Å². The number of nitrogens with one attached hydrogen (secondary N) is 2. The van der Waals surface area contributed by atoms with Gasteiger partial charge in [-0.2, -0.15) is 13.2 Å². The zero-order chi connectivity index (χ0) is 14.3. The molecule has 0 aliphatic rings. The zero-order valence-corrected chi connectivity index (χ0v) is 10.4. The van der Waals surface area contributed by atoms with E-state index in [4.69, 9.17) is 9.84 Å². The quantitative estimate of drug-likeness (QED) is 0.661. The van der Waals surface area contributed by atoms with Gasteiger partial charge >= 0.3 is 6.18 Å². The van der Waals surface area contributed by atoms with Gasteiger partial charge in [0.1, 0.15) is 11.6 Å². The molecule has 0 atom stereocenters. The lowest BCUT2D eigenvalue weighted by Crippen LogP contribution is -2.14. The summed E-state index contributed by atoms with van der Waals surface area (Å²) in [5.74, 6) is 0.250. The maximum absolute atomic E-state index is 12.6. The van der Waals surface area contributed by atoms with E-state index in [1.165, 1.54) is 7.05 Å². The number of hydrogen-bond donors (Lipinski definition) is 3. The van der Waals surface area contributed by atoms with Crippen molar-refractivity contribution < 1.29 is 23.0 Å². The number of aromatic nitrogens is 1. The van der Waals surface area contributed by atoms with Crippen LogP contribution in [0, 0.1) is 0 Å². The van der Waals surface area contributed by atoms with Crippen LogP contribution in [0.1, 0.15) is 5.56 Å². The molecule has 8 heteroatoms. The first kappa shape index (κ1) is 15.5. The van der Waals surface area contributed by atoms with Gasteiger partial charge < -0.3 is 20.5 Å². The Bertz CT molecular complexity index is 399. The van der Waals surface area contributed by atoms with Gasteiger partial charge in [-0.25, -0.2) is 4.98 Å². The molecular formula is C11H16F3N3O2. The molecule has 0 saturated carbocycles. The number of hydrogen-bond acceptors (Lipinski definition) is 5. The van der Waals surface area contributed by atoms with E-state index in [0.717, 1.165) is 12.1 Å². The highest BCUT2D eigenvalue weighted by atomic mass is 19.4. The zero-order valence-electron chi connectivity index (χ0n) is 10.4. The molecule has 0 radical (unpaired) electrons. The van der Waals surface area contributed by atoms with Crippen LogP contribution >= 0.6 is 0 Å². The van der Waals surface area contributed by atoms with Gasteiger partial charge in [-0.3, -0.25) is 0 Å². The monoisotopic (exact) mass is 279 g/mol. The van der Waals surface area contributed by atoms with E-state index in [1.807, 2.05) is 0 Å². The summed E-state index contributed by atoms with van der Waals surface area (Å²) >= 11 is 0. The minimum atomic E-state index is -4.42. The fourth-order valence-corrected chi connectivity index (χ4v) is 1.33. The second kappa shape index (κ2) is 7.15. The summed E-state index contributed by atoms with van der Waals surface area (Å²) < 4.78 is 42.9. The Hall–Kier alpha value is -1.54. The molecular weight excluding hydrogens is 263 g/mol. The Balaban J connectivity index is 2.67. The Morgan fingerprint density at radius 2 is 1.95 bits per heavy atom. The van der Waals surface area contributed by atoms with Gasteiger partial charge in [0.25, 0.3) is 0 Å². The van der Waals surface area contributed by atoms with Gasteiger partial charge in [-0.1, -0.05) is 0 Å². The van der Waals surface area contributed by atoms with Crippen LogP contribution in [0.5, 0.6) is 0 Å². The van der Waals surface area contributed by atoms with Crippen molar-refractivity contribution in [1.82, 2.24) is 4.98 Å². The Labute approximate surface area is 108 Å². The lowest BCUT2D eigenvalue weighted by atomic mass is 10.2. The number of alkyl halides is 3. The predicted octanol–water partition coefficient (Wildman–Crippen LogP) is 1.56. The van der Waals surface area contributed by atoms with Gasteiger partial charge in [0, 0.05) is 13.6 Å². The van der Waals surface area contributed by atoms with Crippen LogP contribution in [0.4, 0.5) is 24.8 Å². The lowest BCUT2D eigenvalue weighted by Gasteiger charge is -2.12. The molecule has 0 unspecified atom stereocenters. The molecule has 0 bridgehead atoms. The highest BCUT2D eigenvalue weighted by Crippen LogP contribution is 2.31. The highest BCUT2D eigenvalue weighted by molar-refractivity contribution is 5.49. The largest absolute Gasteiger partial charge is 0.416 e. The van der Waals surface area contributed by atoms with Crippen LogP contribution in [0.3, 0.4) is 0 Å². The molecule has 5 nitrogen and oxygen atoms in total. The van der Waals surface area contributed by atoms with Crippen molar-refractivity contribution in [1.29, 1.82) is 0 Å². The van der Waals surface area contributed by atoms with Gasteiger partial charge in [0.2, 0.25) is 0 Å². The molecule has 1 heterocycles. The summed E-state index contributed by atoms with van der Waals surface area (Å²) in [5, 5.41) is 13.8. The van der Waals surface area contributed by atoms with E-state index in [1.54, 1.807) is 0 Å². The lowest BCUT2D eigenvalue weighted by molar-refractivity contribution is -0.137. The third-order valence-corrected chi connectivity index (χ3v) is 2.20. The number of aliphatic hydroxyl groups is 1. The molecule has 19 heavy (non-hydrogen) atoms. The fourth-order valence-electron chi connectivity index (χ4n) is 1.33. The number of pyridine rings is 1. The molecule has 1 rings (SSSR count). The van der Waals surface area contributed by atoms with Crippen LogP contribution in [-0.4, -0.2) is 43.5 Å². The molecule has 3 N–H and O–H groups in total. The first-order valence-electron chi connectivity index (χ1n) is 5.67. The van der Waals surface area contributed by atoms with Gasteiger partial charge in [0.15, 0.2) is 0 Å². The van der Waals surface area contributed by atoms with Gasteiger partial charge in [-0.05, 0) is 12.1 Å². The molecule has 0 amide bonds. The van der Waals surface area contributed by atoms with Crippen LogP contribution in [0.2, 0.25) is 0 Å². The summed E-state index contributed by atoms with van der Waals surface area (Å²) in [7, 11) is 1.50. The van der Waals surface area contributed by atoms with Crippen LogP contribution in [0.25, 0.3) is 0 Å². The summed E-state index contributed by atoms with van der Waals surface area (Å²) in [6.07, 6.45) is -4.42. The van der Waals surface area contributed by atoms with Crippen molar-refractivity contribution in [3.8, 4) is 0 Å². The number of rotatable bonds is 7. The van der Waals surface area contributed by atoms with E-state index in [2.05, 4.69) is 15.6 Å². The topological polar surface area (TPSA) is 66.4 Å². The number of anilines is 2. The summed E-state index contributed by atoms with van der Waals surface area (Å²) in [6, 6.07) is 1.88. The smallest absolute Gasteiger partial charge is 0.394 e. The highest BCUT2D eigenvalue weighted by Gasteiger charge is 2.31. The van der Waals surface area contributed by atoms with Crippen molar-refractivity contribution in [3.63, 3.8) is 0 Å². The number of halogens is 3. The van der Waals surface area contributed by atoms with Crippen LogP contribution < -0.4 is 10.6 Å². The normalized spacial score (nSPS) is 11.4. The molecule has 1 aromatic heterocycles. The minimum Gasteiger partial charge on any atom is -0.394 e. The molecule has 108 valence electrons. The van der Waals surface area contributed by atoms with E-state index in [0.29, 0.717) is 6.54 Å². The summed E-state index contributed by atoms with van der Waals surface area (Å²) in [5.41, 5.74) is -0.773. The SMILES string of the molecule is CNc1cc(C(F)(F)F)cc(NCCOCCO)n1. The van der Waals surface area contributed by atoms with Crippen molar-refractivity contribution in [3.05, 3.63) is 17.7 Å². The molecule has 0 saturated heterocycles. The molecule has 1 aromatic rings. The Kier molecular flexibility index (Phi) is 5.84. The third kappa shape index (κ3) is 5.31. The molecule has 0 aliphatic heterocycles. The minimum absolute atomic E-state index is 0.0916. The second-order valence-electron chi connectivity index (χ2n) is 3.64. The Morgan fingerprint density at radius 1 is 1.26 bits per heavy atom. The first-order chi connectivity index (χ1) is 8.97. The molecule has 0 aromatic carbocycles. The number of aliphatic hydroxyl groups excluding tert-OH is 1. The van der Waals surface area contributed by atoms with E-state index >= 15 is 0 Å². The van der Waals surface area contributed by atoms with Crippen LogP contribution in [-0.2, 0) is 10.9 Å². The van der Waals surface area contributed by atoms with Gasteiger partial charge in [0.05, 0.1) is 25.4 Å². The molecule has 0 fully saturated rings. The van der Waals surface area contributed by atoms with E-state index < -0.39 is 11.7 Å². The first-order valence-corrected chi connectivity index (χ1v) is 5.67. The van der Waals surface area contributed by atoms with Crippen molar-refractivity contribution >= 4 is 11.6 Å². The van der Waals surface area contributed by atoms with Crippen molar-refractivity contribution in [2.24, 2.45) is 0 Å². The average molecular weight is 279 g/mol. The third-order valence-electron chi connectivity index (χ3n) is 2.20. The standard InChI is InChI=1S/C11H16F3N3O2/c1-15-9-6-8(11(12,13)14)7-10(17-9)16-2-4-19-5-3-18/h6-7,18H,2-5H2,1H3,(H2,15,16,17). The molecule has 0 aliphatic carbocycles. The maximum atomic E-state index is 12.6. The number of nitrogens with zero attached hydrogens (tertiary/aromatic N) is 1. The average Bonchev–Trinajstić information content (AvgIpc) is 2.37. The molecule has 0 spiro atoms. The van der Waals surface area contributed by atoms with Crippen LogP contribution in [0.15, 0.2) is 12.1 Å². The van der Waals surface area contributed by atoms with E-state index in [9.17, 15) is 13.2 Å². The van der Waals surface area contributed by atoms with E-state index in [-0.39, 0.29) is 31.5 Å².